The number of nitrogens with zero attached hydrogens (tertiary/aromatic N) is 3. The highest BCUT2D eigenvalue weighted by Gasteiger charge is 2.38. The number of hydrogen-bond donors (Lipinski definition) is 0. The van der Waals surface area contributed by atoms with Crippen LogP contribution in [-0.4, -0.2) is 54.3 Å². The van der Waals surface area contributed by atoms with E-state index in [9.17, 15) is 21.6 Å². The van der Waals surface area contributed by atoms with Crippen LogP contribution in [0.15, 0.2) is 18.3 Å². The zero-order valence-electron chi connectivity index (χ0n) is 12.9. The summed E-state index contributed by atoms with van der Waals surface area (Å²) >= 11 is 0. The fourth-order valence-electron chi connectivity index (χ4n) is 2.91. The Morgan fingerprint density at radius 1 is 1.17 bits per heavy atom. The summed E-state index contributed by atoms with van der Waals surface area (Å²) in [6.45, 7) is 1.44. The van der Waals surface area contributed by atoms with Crippen LogP contribution in [0, 0.1) is 0 Å². The highest BCUT2D eigenvalue weighted by molar-refractivity contribution is 7.86. The van der Waals surface area contributed by atoms with Crippen molar-refractivity contribution in [3.63, 3.8) is 0 Å². The number of rotatable bonds is 4. The van der Waals surface area contributed by atoms with Crippen molar-refractivity contribution in [2.24, 2.45) is 0 Å². The molecule has 0 aliphatic carbocycles. The van der Waals surface area contributed by atoms with Crippen LogP contribution >= 0.6 is 0 Å². The molecule has 10 heteroatoms. The van der Waals surface area contributed by atoms with Gasteiger partial charge in [0.2, 0.25) is 5.88 Å². The van der Waals surface area contributed by atoms with E-state index < -0.39 is 28.1 Å². The van der Waals surface area contributed by atoms with E-state index in [0.717, 1.165) is 31.2 Å². The molecule has 0 bridgehead atoms. The van der Waals surface area contributed by atoms with Gasteiger partial charge in [-0.3, -0.25) is 0 Å². The molecular formula is C14H18F3N3O3S. The Balaban J connectivity index is 1.64. The second kappa shape index (κ2) is 6.49. The van der Waals surface area contributed by atoms with Crippen LogP contribution in [0.1, 0.15) is 24.8 Å². The topological polar surface area (TPSA) is 62.7 Å². The van der Waals surface area contributed by atoms with Gasteiger partial charge >= 0.3 is 6.18 Å². The molecule has 3 rings (SSSR count). The maximum absolute atomic E-state index is 12.7. The van der Waals surface area contributed by atoms with E-state index in [1.165, 1.54) is 8.61 Å². The Labute approximate surface area is 138 Å². The lowest BCUT2D eigenvalue weighted by atomic mass is 10.2. The van der Waals surface area contributed by atoms with Crippen molar-refractivity contribution >= 4 is 10.2 Å². The van der Waals surface area contributed by atoms with Gasteiger partial charge < -0.3 is 4.74 Å². The second-order valence-electron chi connectivity index (χ2n) is 5.88. The van der Waals surface area contributed by atoms with Crippen molar-refractivity contribution in [1.82, 2.24) is 13.6 Å². The summed E-state index contributed by atoms with van der Waals surface area (Å²) in [4.78, 5) is 3.78. The minimum Gasteiger partial charge on any atom is -0.473 e. The first-order valence-electron chi connectivity index (χ1n) is 7.72. The Bertz CT molecular complexity index is 690. The third-order valence-electron chi connectivity index (χ3n) is 4.17. The molecule has 1 aromatic heterocycles. The summed E-state index contributed by atoms with van der Waals surface area (Å²) in [6.07, 6.45) is -1.82. The van der Waals surface area contributed by atoms with E-state index in [0.29, 0.717) is 26.1 Å². The molecule has 134 valence electrons. The molecule has 2 saturated heterocycles. The van der Waals surface area contributed by atoms with Crippen LogP contribution in [0.4, 0.5) is 13.2 Å². The molecule has 2 aliphatic rings. The predicted molar refractivity (Wildman–Crippen MR) is 79.6 cm³/mol. The molecule has 24 heavy (non-hydrogen) atoms. The minimum absolute atomic E-state index is 0.122. The van der Waals surface area contributed by atoms with Crippen LogP contribution in [0.2, 0.25) is 0 Å². The lowest BCUT2D eigenvalue weighted by molar-refractivity contribution is -0.137. The van der Waals surface area contributed by atoms with Gasteiger partial charge in [-0.15, -0.1) is 0 Å². The number of ether oxygens (including phenoxy) is 1. The van der Waals surface area contributed by atoms with Crippen molar-refractivity contribution < 1.29 is 26.3 Å². The zero-order valence-corrected chi connectivity index (χ0v) is 13.7. The first kappa shape index (κ1) is 17.4. The quantitative estimate of drug-likeness (QED) is 0.818. The number of pyridine rings is 1. The Kier molecular flexibility index (Phi) is 4.71. The normalized spacial score (nSPS) is 23.7. The average molecular weight is 365 g/mol. The molecule has 0 aromatic carbocycles. The van der Waals surface area contributed by atoms with Gasteiger partial charge in [-0.25, -0.2) is 4.98 Å². The standard InChI is InChI=1S/C14H18F3N3O3S/c15-14(16,17)11-3-5-18-13(9-11)23-12-4-8-20(10-12)24(21,22)19-6-1-2-7-19/h3,5,9,12H,1-2,4,6-8,10H2. The minimum atomic E-state index is -4.47. The van der Waals surface area contributed by atoms with Gasteiger partial charge in [-0.2, -0.15) is 30.2 Å². The summed E-state index contributed by atoms with van der Waals surface area (Å²) in [5.41, 5.74) is -0.841. The second-order valence-corrected chi connectivity index (χ2v) is 7.81. The first-order chi connectivity index (χ1) is 11.3. The van der Waals surface area contributed by atoms with Gasteiger partial charge in [-0.1, -0.05) is 0 Å². The predicted octanol–water partition coefficient (Wildman–Crippen LogP) is 1.89. The Hall–Kier alpha value is -1.39. The number of aromatic nitrogens is 1. The summed E-state index contributed by atoms with van der Waals surface area (Å²) in [5, 5.41) is 0. The van der Waals surface area contributed by atoms with Crippen LogP contribution in [-0.2, 0) is 16.4 Å². The molecule has 6 nitrogen and oxygen atoms in total. The summed E-state index contributed by atoms with van der Waals surface area (Å²) in [6, 6.07) is 1.70. The van der Waals surface area contributed by atoms with Crippen molar-refractivity contribution in [1.29, 1.82) is 0 Å². The van der Waals surface area contributed by atoms with Crippen molar-refractivity contribution in [3.8, 4) is 5.88 Å². The van der Waals surface area contributed by atoms with E-state index in [1.54, 1.807) is 0 Å². The van der Waals surface area contributed by atoms with Crippen LogP contribution in [0.5, 0.6) is 5.88 Å². The smallest absolute Gasteiger partial charge is 0.416 e. The molecule has 2 aliphatic heterocycles. The summed E-state index contributed by atoms with van der Waals surface area (Å²) in [7, 11) is -3.51. The van der Waals surface area contributed by atoms with E-state index in [-0.39, 0.29) is 12.4 Å². The SMILES string of the molecule is O=S(=O)(N1CCCC1)N1CCC(Oc2cc(C(F)(F)F)ccn2)C1. The van der Waals surface area contributed by atoms with E-state index >= 15 is 0 Å². The number of halogens is 3. The van der Waals surface area contributed by atoms with Gasteiger partial charge in [0.05, 0.1) is 12.1 Å². The fraction of sp³-hybridized carbons (Fsp3) is 0.643. The maximum Gasteiger partial charge on any atom is 0.416 e. The van der Waals surface area contributed by atoms with Crippen molar-refractivity contribution in [3.05, 3.63) is 23.9 Å². The Morgan fingerprint density at radius 3 is 2.54 bits per heavy atom. The molecule has 3 heterocycles. The van der Waals surface area contributed by atoms with Crippen LogP contribution in [0.3, 0.4) is 0 Å². The lowest BCUT2D eigenvalue weighted by Crippen LogP contribution is -2.41. The van der Waals surface area contributed by atoms with E-state index in [1.807, 2.05) is 0 Å². The fourth-order valence-corrected chi connectivity index (χ4v) is 4.64. The molecule has 0 amide bonds. The molecule has 1 atom stereocenters. The third-order valence-corrected chi connectivity index (χ3v) is 6.18. The molecule has 1 aromatic rings. The first-order valence-corrected chi connectivity index (χ1v) is 9.11. The summed E-state index contributed by atoms with van der Waals surface area (Å²) in [5.74, 6) is -0.143. The molecule has 0 spiro atoms. The molecular weight excluding hydrogens is 347 g/mol. The van der Waals surface area contributed by atoms with Gasteiger partial charge in [0.25, 0.3) is 10.2 Å². The van der Waals surface area contributed by atoms with Gasteiger partial charge in [0.15, 0.2) is 0 Å². The number of alkyl halides is 3. The van der Waals surface area contributed by atoms with Gasteiger partial charge in [-0.05, 0) is 25.3 Å². The average Bonchev–Trinajstić information content (AvgIpc) is 3.18. The molecule has 0 radical (unpaired) electrons. The molecule has 2 fully saturated rings. The zero-order chi connectivity index (χ0) is 17.4. The highest BCUT2D eigenvalue weighted by Crippen LogP contribution is 2.31. The van der Waals surface area contributed by atoms with Gasteiger partial charge in [0.1, 0.15) is 6.10 Å². The van der Waals surface area contributed by atoms with Crippen LogP contribution < -0.4 is 4.74 Å². The highest BCUT2D eigenvalue weighted by atomic mass is 32.2. The monoisotopic (exact) mass is 365 g/mol. The van der Waals surface area contributed by atoms with Crippen molar-refractivity contribution in [2.75, 3.05) is 26.2 Å². The number of hydrogen-bond acceptors (Lipinski definition) is 4. The summed E-state index contributed by atoms with van der Waals surface area (Å²) < 4.78 is 71.2. The lowest BCUT2D eigenvalue weighted by Gasteiger charge is -2.23. The molecule has 0 N–H and O–H groups in total. The van der Waals surface area contributed by atoms with Crippen molar-refractivity contribution in [2.45, 2.75) is 31.5 Å². The third kappa shape index (κ3) is 3.65. The van der Waals surface area contributed by atoms with E-state index in [4.69, 9.17) is 4.74 Å². The molecule has 0 saturated carbocycles. The molecule has 1 unspecified atom stereocenters. The Morgan fingerprint density at radius 2 is 1.88 bits per heavy atom. The van der Waals surface area contributed by atoms with Gasteiger partial charge in [0, 0.05) is 31.9 Å². The maximum atomic E-state index is 12.7. The van der Waals surface area contributed by atoms with E-state index in [2.05, 4.69) is 4.98 Å². The largest absolute Gasteiger partial charge is 0.473 e. The van der Waals surface area contributed by atoms with Crippen LogP contribution in [0.25, 0.3) is 0 Å².